The quantitative estimate of drug-likeness (QED) is 0.0809. The van der Waals surface area contributed by atoms with Gasteiger partial charge in [-0.3, -0.25) is 0 Å². The molecule has 2 N–H and O–H groups in total. The molecule has 3 aromatic heterocycles. The van der Waals surface area contributed by atoms with Crippen LogP contribution in [0.25, 0.3) is 33.8 Å². The molecule has 224 valence electrons. The summed E-state index contributed by atoms with van der Waals surface area (Å²) in [5, 5.41) is 18.5. The van der Waals surface area contributed by atoms with E-state index in [1.54, 1.807) is 80.1 Å². The predicted octanol–water partition coefficient (Wildman–Crippen LogP) is 7.54. The summed E-state index contributed by atoms with van der Waals surface area (Å²) in [5.41, 5.74) is 5.17. The number of rotatable bonds is 5. The van der Waals surface area contributed by atoms with Crippen LogP contribution in [0.15, 0.2) is 140 Å². The Hall–Kier alpha value is -5.43. The smallest absolute Gasteiger partial charge is 0.527 e. The Balaban J connectivity index is 0.000000185. The molecule has 6 aromatic rings. The van der Waals surface area contributed by atoms with Crippen molar-refractivity contribution in [3.05, 3.63) is 158 Å². The Bertz CT molecular complexity index is 1720. The second-order valence-corrected chi connectivity index (χ2v) is 9.17. The minimum Gasteiger partial charge on any atom is -0.527 e. The van der Waals surface area contributed by atoms with Gasteiger partial charge in [-0.25, -0.2) is 4.79 Å². The van der Waals surface area contributed by atoms with E-state index in [4.69, 9.17) is 4.74 Å². The molecule has 0 aliphatic rings. The predicted molar refractivity (Wildman–Crippen MR) is 169 cm³/mol. The summed E-state index contributed by atoms with van der Waals surface area (Å²) < 4.78 is 5.15. The van der Waals surface area contributed by atoms with Crippen LogP contribution in [-0.2, 0) is 24.9 Å². The number of ether oxygens (including phenoxy) is 1. The number of aromatic hydroxyl groups is 2. The molecule has 8 heteroatoms. The Morgan fingerprint density at radius 1 is 0.644 bits per heavy atom. The van der Waals surface area contributed by atoms with Gasteiger partial charge < -0.3 is 29.9 Å². The number of esters is 1. The summed E-state index contributed by atoms with van der Waals surface area (Å²) in [6.07, 6.45) is 5.14. The van der Waals surface area contributed by atoms with Crippen LogP contribution in [0.5, 0.6) is 17.2 Å². The number of aromatic nitrogens is 3. The van der Waals surface area contributed by atoms with Gasteiger partial charge in [-0.1, -0.05) is 43.0 Å². The fraction of sp³-hybridized carbons (Fsp3) is 0.0270. The molecule has 7 nitrogen and oxygen atoms in total. The largest absolute Gasteiger partial charge is 3.00 e. The molecule has 0 saturated heterocycles. The van der Waals surface area contributed by atoms with E-state index in [0.29, 0.717) is 11.3 Å². The Morgan fingerprint density at radius 3 is 1.40 bits per heavy atom. The van der Waals surface area contributed by atoms with Crippen molar-refractivity contribution in [2.45, 2.75) is 6.92 Å². The van der Waals surface area contributed by atoms with Crippen LogP contribution >= 0.6 is 0 Å². The molecule has 0 saturated carbocycles. The van der Waals surface area contributed by atoms with E-state index in [0.717, 1.165) is 33.8 Å². The van der Waals surface area contributed by atoms with Crippen molar-refractivity contribution in [2.24, 2.45) is 0 Å². The topological polar surface area (TPSA) is 105 Å². The van der Waals surface area contributed by atoms with Crippen LogP contribution in [0.4, 0.5) is 0 Å². The molecule has 0 radical (unpaired) electrons. The van der Waals surface area contributed by atoms with Gasteiger partial charge in [0, 0.05) is 35.7 Å². The van der Waals surface area contributed by atoms with Crippen molar-refractivity contribution in [1.29, 1.82) is 0 Å². The second kappa shape index (κ2) is 17.6. The molecule has 0 amide bonds. The van der Waals surface area contributed by atoms with Crippen LogP contribution in [-0.4, -0.2) is 31.1 Å². The summed E-state index contributed by atoms with van der Waals surface area (Å²) in [4.78, 5) is 23.9. The summed E-state index contributed by atoms with van der Waals surface area (Å²) >= 11 is 0. The van der Waals surface area contributed by atoms with Gasteiger partial charge in [-0.15, -0.1) is 89.5 Å². The third kappa shape index (κ3) is 11.0. The number of nitrogens with zero attached hydrogens (tertiary/aromatic N) is 3. The molecular weight excluding hydrogens is 743 g/mol. The van der Waals surface area contributed by atoms with E-state index < -0.39 is 5.97 Å². The third-order valence-corrected chi connectivity index (χ3v) is 5.72. The van der Waals surface area contributed by atoms with Crippen molar-refractivity contribution < 1.29 is 39.8 Å². The fourth-order valence-electron chi connectivity index (χ4n) is 3.62. The molecule has 0 bridgehead atoms. The van der Waals surface area contributed by atoms with Crippen molar-refractivity contribution >= 4 is 5.97 Å². The van der Waals surface area contributed by atoms with Crippen molar-refractivity contribution in [3.63, 3.8) is 0 Å². The van der Waals surface area contributed by atoms with Crippen LogP contribution < -0.4 is 4.74 Å². The van der Waals surface area contributed by atoms with Crippen LogP contribution in [0.2, 0.25) is 0 Å². The van der Waals surface area contributed by atoms with E-state index in [-0.39, 0.29) is 31.6 Å². The van der Waals surface area contributed by atoms with E-state index in [9.17, 15) is 15.0 Å². The van der Waals surface area contributed by atoms with Crippen LogP contribution in [0, 0.1) is 18.2 Å². The maximum absolute atomic E-state index is 11.4. The Morgan fingerprint density at radius 2 is 1.04 bits per heavy atom. The zero-order valence-corrected chi connectivity index (χ0v) is 26.6. The van der Waals surface area contributed by atoms with E-state index in [1.807, 2.05) is 54.6 Å². The van der Waals surface area contributed by atoms with Gasteiger partial charge in [0.1, 0.15) is 0 Å². The standard InChI is InChI=1S/C15H12NO2.2C11H8NO.Ir/c1-11(2)15(17)18-13-7-5-6-12(10-13)14-8-3-4-9-16-14;2*13-10-5-3-4-9(8-10)11-6-1-2-7-12-11;/h3-5,7-10H,1H2,2H3;2*1-3,5-8,13H;/q3*-1;+3. The zero-order valence-electron chi connectivity index (χ0n) is 24.2. The number of hydrogen-bond acceptors (Lipinski definition) is 7. The molecular formula is C37H28IrN3O4. The Labute approximate surface area is 275 Å². The van der Waals surface area contributed by atoms with Gasteiger partial charge in [0.25, 0.3) is 0 Å². The summed E-state index contributed by atoms with van der Waals surface area (Å²) in [6, 6.07) is 40.9. The van der Waals surface area contributed by atoms with Crippen molar-refractivity contribution in [2.75, 3.05) is 0 Å². The van der Waals surface area contributed by atoms with Gasteiger partial charge in [0.15, 0.2) is 0 Å². The number of hydrogen-bond donors (Lipinski definition) is 2. The number of phenolic OH excluding ortho intramolecular Hbond substituents is 2. The summed E-state index contributed by atoms with van der Waals surface area (Å²) in [7, 11) is 0. The molecule has 3 heterocycles. The average molecular weight is 771 g/mol. The van der Waals surface area contributed by atoms with Gasteiger partial charge in [-0.2, -0.15) is 0 Å². The monoisotopic (exact) mass is 771 g/mol. The average Bonchev–Trinajstić information content (AvgIpc) is 3.07. The minimum atomic E-state index is -0.437. The molecule has 0 aliphatic heterocycles. The van der Waals surface area contributed by atoms with Gasteiger partial charge in [0.05, 0.1) is 5.75 Å². The number of phenols is 2. The van der Waals surface area contributed by atoms with Crippen molar-refractivity contribution in [3.8, 4) is 51.0 Å². The van der Waals surface area contributed by atoms with Gasteiger partial charge in [-0.05, 0) is 42.2 Å². The number of benzene rings is 3. The Kier molecular flexibility index (Phi) is 13.3. The summed E-state index contributed by atoms with van der Waals surface area (Å²) in [5.74, 6) is 0.495. The number of carbonyl (C=O) groups excluding carboxylic acids is 1. The SMILES string of the molecule is C=C(C)C(=O)Oc1cc[c-]c(-c2ccccn2)c1.Oc1cc[c-]c(-c2ccccn2)c1.Oc1cc[c-]c(-c2ccccn2)c1.[Ir+3]. The molecule has 0 spiro atoms. The summed E-state index contributed by atoms with van der Waals surface area (Å²) in [6.45, 7) is 5.15. The van der Waals surface area contributed by atoms with Crippen LogP contribution in [0.3, 0.4) is 0 Å². The normalized spacial score (nSPS) is 9.62. The number of carbonyl (C=O) groups is 1. The maximum atomic E-state index is 11.4. The first-order valence-corrected chi connectivity index (χ1v) is 13.4. The first-order chi connectivity index (χ1) is 21.4. The minimum absolute atomic E-state index is 0. The molecule has 0 fully saturated rings. The van der Waals surface area contributed by atoms with Crippen LogP contribution in [0.1, 0.15) is 6.92 Å². The molecule has 0 unspecified atom stereocenters. The zero-order chi connectivity index (χ0) is 31.1. The van der Waals surface area contributed by atoms with E-state index in [2.05, 4.69) is 39.7 Å². The van der Waals surface area contributed by atoms with E-state index in [1.165, 1.54) is 0 Å². The first-order valence-electron chi connectivity index (χ1n) is 13.4. The maximum Gasteiger partial charge on any atom is 3.00 e. The third-order valence-electron chi connectivity index (χ3n) is 5.72. The molecule has 6 rings (SSSR count). The van der Waals surface area contributed by atoms with Gasteiger partial charge >= 0.3 is 26.1 Å². The van der Waals surface area contributed by atoms with E-state index >= 15 is 0 Å². The van der Waals surface area contributed by atoms with Crippen molar-refractivity contribution in [1.82, 2.24) is 15.0 Å². The molecule has 45 heavy (non-hydrogen) atoms. The van der Waals surface area contributed by atoms with Gasteiger partial charge in [0.2, 0.25) is 0 Å². The molecule has 3 aromatic carbocycles. The molecule has 0 aliphatic carbocycles. The fourth-order valence-corrected chi connectivity index (χ4v) is 3.62. The first kappa shape index (κ1) is 34.1. The second-order valence-electron chi connectivity index (χ2n) is 9.17. The molecule has 0 atom stereocenters. The number of pyridine rings is 3.